The van der Waals surface area contributed by atoms with Crippen molar-refractivity contribution in [2.75, 3.05) is 0 Å². The Labute approximate surface area is 136 Å². The number of pyridine rings is 1. The molecule has 2 nitrogen and oxygen atoms in total. The molecule has 4 heteroatoms. The fraction of sp³-hybridized carbons (Fsp3) is 0.118. The number of para-hydroxylation sites is 2. The van der Waals surface area contributed by atoms with Crippen LogP contribution in [0.1, 0.15) is 11.3 Å². The van der Waals surface area contributed by atoms with E-state index in [1.54, 1.807) is 0 Å². The van der Waals surface area contributed by atoms with E-state index < -0.39 is 0 Å². The number of hydrogen-bond donors (Lipinski definition) is 0. The highest BCUT2D eigenvalue weighted by atomic mass is 79.9. The highest BCUT2D eigenvalue weighted by Gasteiger charge is 2.08. The van der Waals surface area contributed by atoms with E-state index in [2.05, 4.69) is 27.0 Å². The van der Waals surface area contributed by atoms with Crippen LogP contribution >= 0.6 is 27.5 Å². The molecule has 3 aromatic rings. The molecule has 0 aliphatic carbocycles. The molecular formula is C17H13BrClNO. The van der Waals surface area contributed by atoms with Crippen molar-refractivity contribution in [1.29, 1.82) is 0 Å². The Hall–Kier alpha value is -1.58. The van der Waals surface area contributed by atoms with Gasteiger partial charge < -0.3 is 4.74 Å². The highest BCUT2D eigenvalue weighted by Crippen LogP contribution is 2.30. The predicted molar refractivity (Wildman–Crippen MR) is 90.2 cm³/mol. The van der Waals surface area contributed by atoms with Gasteiger partial charge in [-0.3, -0.25) is 0 Å². The van der Waals surface area contributed by atoms with E-state index in [0.29, 0.717) is 22.7 Å². The molecule has 0 radical (unpaired) electrons. The van der Waals surface area contributed by atoms with Crippen LogP contribution in [-0.2, 0) is 11.9 Å². The summed E-state index contributed by atoms with van der Waals surface area (Å²) in [5.41, 5.74) is 2.89. The number of ether oxygens (including phenoxy) is 1. The molecule has 0 amide bonds. The largest absolute Gasteiger partial charge is 0.485 e. The Morgan fingerprint density at radius 2 is 1.86 bits per heavy atom. The molecule has 0 spiro atoms. The molecule has 2 aromatic carbocycles. The first-order valence-electron chi connectivity index (χ1n) is 6.59. The van der Waals surface area contributed by atoms with Crippen molar-refractivity contribution in [3.63, 3.8) is 0 Å². The summed E-state index contributed by atoms with van der Waals surface area (Å²) in [5, 5.41) is 2.45. The van der Waals surface area contributed by atoms with Crippen molar-refractivity contribution < 1.29 is 4.74 Å². The lowest BCUT2D eigenvalue weighted by Crippen LogP contribution is -2.00. The van der Waals surface area contributed by atoms with Gasteiger partial charge in [-0.1, -0.05) is 63.9 Å². The van der Waals surface area contributed by atoms with Crippen molar-refractivity contribution in [1.82, 2.24) is 4.98 Å². The van der Waals surface area contributed by atoms with Crippen LogP contribution < -0.4 is 4.74 Å². The number of halogens is 2. The van der Waals surface area contributed by atoms with Gasteiger partial charge in [-0.05, 0) is 18.2 Å². The minimum absolute atomic E-state index is 0.397. The number of rotatable bonds is 4. The van der Waals surface area contributed by atoms with Crippen LogP contribution in [0.25, 0.3) is 10.9 Å². The molecule has 106 valence electrons. The number of hydrogen-bond acceptors (Lipinski definition) is 2. The third kappa shape index (κ3) is 3.20. The Balaban J connectivity index is 1.83. The van der Waals surface area contributed by atoms with Crippen LogP contribution in [0.15, 0.2) is 54.6 Å². The zero-order chi connectivity index (χ0) is 14.7. The Kier molecular flexibility index (Phi) is 4.42. The molecule has 0 bridgehead atoms. The lowest BCUT2D eigenvalue weighted by molar-refractivity contribution is 0.300. The minimum Gasteiger partial charge on any atom is -0.485 e. The lowest BCUT2D eigenvalue weighted by Gasteiger charge is -2.11. The topological polar surface area (TPSA) is 22.1 Å². The highest BCUT2D eigenvalue weighted by molar-refractivity contribution is 9.08. The van der Waals surface area contributed by atoms with Crippen LogP contribution in [0.3, 0.4) is 0 Å². The maximum absolute atomic E-state index is 6.20. The maximum Gasteiger partial charge on any atom is 0.142 e. The van der Waals surface area contributed by atoms with Gasteiger partial charge in [0.2, 0.25) is 0 Å². The molecule has 0 aliphatic heterocycles. The second kappa shape index (κ2) is 6.46. The zero-order valence-electron chi connectivity index (χ0n) is 11.2. The van der Waals surface area contributed by atoms with Gasteiger partial charge in [0.1, 0.15) is 12.4 Å². The normalized spacial score (nSPS) is 10.8. The van der Waals surface area contributed by atoms with E-state index >= 15 is 0 Å². The summed E-state index contributed by atoms with van der Waals surface area (Å²) in [6.45, 7) is 0.397. The first-order valence-corrected chi connectivity index (χ1v) is 8.08. The summed E-state index contributed by atoms with van der Waals surface area (Å²) in [6, 6.07) is 17.8. The molecule has 0 fully saturated rings. The number of benzene rings is 2. The average molecular weight is 363 g/mol. The fourth-order valence-electron chi connectivity index (χ4n) is 2.16. The summed E-state index contributed by atoms with van der Waals surface area (Å²) >= 11 is 9.65. The summed E-state index contributed by atoms with van der Waals surface area (Å²) in [7, 11) is 0. The smallest absolute Gasteiger partial charge is 0.142 e. The van der Waals surface area contributed by atoms with E-state index in [1.807, 2.05) is 48.5 Å². The molecule has 0 aliphatic rings. The van der Waals surface area contributed by atoms with Crippen LogP contribution in [0, 0.1) is 0 Å². The first-order chi connectivity index (χ1) is 10.3. The third-order valence-electron chi connectivity index (χ3n) is 3.21. The molecule has 0 unspecified atom stereocenters. The molecular weight excluding hydrogens is 350 g/mol. The molecule has 1 heterocycles. The first kappa shape index (κ1) is 14.4. The van der Waals surface area contributed by atoms with Gasteiger partial charge in [-0.2, -0.15) is 0 Å². The van der Waals surface area contributed by atoms with Gasteiger partial charge in [-0.15, -0.1) is 0 Å². The molecule has 0 N–H and O–H groups in total. The lowest BCUT2D eigenvalue weighted by atomic mass is 10.2. The van der Waals surface area contributed by atoms with Gasteiger partial charge in [0, 0.05) is 16.3 Å². The SMILES string of the molecule is Clc1cccc(CBr)c1OCc1ccc2ccccc2n1. The molecule has 21 heavy (non-hydrogen) atoms. The second-order valence-corrected chi connectivity index (χ2v) is 5.61. The van der Waals surface area contributed by atoms with Crippen LogP contribution in [0.5, 0.6) is 5.75 Å². The van der Waals surface area contributed by atoms with E-state index in [0.717, 1.165) is 22.2 Å². The second-order valence-electron chi connectivity index (χ2n) is 4.65. The van der Waals surface area contributed by atoms with Gasteiger partial charge in [0.05, 0.1) is 16.2 Å². The Morgan fingerprint density at radius 3 is 2.71 bits per heavy atom. The maximum atomic E-state index is 6.20. The Bertz CT molecular complexity index is 776. The van der Waals surface area contributed by atoms with Crippen LogP contribution in [0.4, 0.5) is 0 Å². The fourth-order valence-corrected chi connectivity index (χ4v) is 2.85. The van der Waals surface area contributed by atoms with Gasteiger partial charge in [0.15, 0.2) is 0 Å². The number of alkyl halides is 1. The number of nitrogens with zero attached hydrogens (tertiary/aromatic N) is 1. The van der Waals surface area contributed by atoms with Crippen LogP contribution in [0.2, 0.25) is 5.02 Å². The third-order valence-corrected chi connectivity index (χ3v) is 4.11. The Morgan fingerprint density at radius 1 is 1.00 bits per heavy atom. The standard InChI is InChI=1S/C17H13BrClNO/c18-10-13-5-3-6-15(19)17(13)21-11-14-9-8-12-4-1-2-7-16(12)20-14/h1-9H,10-11H2. The van der Waals surface area contributed by atoms with E-state index in [1.165, 1.54) is 0 Å². The summed E-state index contributed by atoms with van der Waals surface area (Å²) in [4.78, 5) is 4.60. The quantitative estimate of drug-likeness (QED) is 0.583. The summed E-state index contributed by atoms with van der Waals surface area (Å²) in [6.07, 6.45) is 0. The van der Waals surface area contributed by atoms with Crippen molar-refractivity contribution in [2.45, 2.75) is 11.9 Å². The molecule has 3 rings (SSSR count). The van der Waals surface area contributed by atoms with E-state index in [4.69, 9.17) is 16.3 Å². The summed E-state index contributed by atoms with van der Waals surface area (Å²) in [5.74, 6) is 0.714. The zero-order valence-corrected chi connectivity index (χ0v) is 13.6. The van der Waals surface area contributed by atoms with E-state index in [-0.39, 0.29) is 0 Å². The monoisotopic (exact) mass is 361 g/mol. The predicted octanol–water partition coefficient (Wildman–Crippen LogP) is 5.36. The van der Waals surface area contributed by atoms with Gasteiger partial charge in [-0.25, -0.2) is 4.98 Å². The summed E-state index contributed by atoms with van der Waals surface area (Å²) < 4.78 is 5.87. The molecule has 0 atom stereocenters. The average Bonchev–Trinajstić information content (AvgIpc) is 2.53. The molecule has 1 aromatic heterocycles. The minimum atomic E-state index is 0.397. The van der Waals surface area contributed by atoms with Crippen molar-refractivity contribution in [2.24, 2.45) is 0 Å². The van der Waals surface area contributed by atoms with Gasteiger partial charge in [0.25, 0.3) is 0 Å². The van der Waals surface area contributed by atoms with Crippen molar-refractivity contribution >= 4 is 38.4 Å². The molecule has 0 saturated carbocycles. The van der Waals surface area contributed by atoms with Crippen molar-refractivity contribution in [3.05, 3.63) is 70.9 Å². The number of fused-ring (bicyclic) bond motifs is 1. The van der Waals surface area contributed by atoms with E-state index in [9.17, 15) is 0 Å². The number of aromatic nitrogens is 1. The van der Waals surface area contributed by atoms with Crippen LogP contribution in [-0.4, -0.2) is 4.98 Å². The van der Waals surface area contributed by atoms with Gasteiger partial charge >= 0.3 is 0 Å². The van der Waals surface area contributed by atoms with Crippen molar-refractivity contribution in [3.8, 4) is 5.75 Å². The molecule has 0 saturated heterocycles.